The van der Waals surface area contributed by atoms with Crippen LogP contribution in [-0.2, 0) is 6.42 Å². The standard InChI is InChI=1S/C12H22N4O/c1-3-5-11-14-12(15-17-11)10(4-2)16-8-6-13-7-9-16/h10,13H,3-9H2,1-2H3. The second-order valence-corrected chi connectivity index (χ2v) is 4.51. The first-order chi connectivity index (χ1) is 8.35. The highest BCUT2D eigenvalue weighted by atomic mass is 16.5. The van der Waals surface area contributed by atoms with Crippen molar-refractivity contribution in [3.8, 4) is 0 Å². The lowest BCUT2D eigenvalue weighted by Crippen LogP contribution is -2.45. The van der Waals surface area contributed by atoms with E-state index in [9.17, 15) is 0 Å². The van der Waals surface area contributed by atoms with Crippen molar-refractivity contribution in [2.75, 3.05) is 26.2 Å². The third kappa shape index (κ3) is 3.04. The molecule has 2 rings (SSSR count). The van der Waals surface area contributed by atoms with Crippen LogP contribution in [0.4, 0.5) is 0 Å². The van der Waals surface area contributed by atoms with Crippen LogP contribution in [0.3, 0.4) is 0 Å². The number of aromatic nitrogens is 2. The van der Waals surface area contributed by atoms with Gasteiger partial charge in [0.05, 0.1) is 6.04 Å². The van der Waals surface area contributed by atoms with E-state index in [1.54, 1.807) is 0 Å². The van der Waals surface area contributed by atoms with Crippen LogP contribution >= 0.6 is 0 Å². The Morgan fingerprint density at radius 2 is 2.12 bits per heavy atom. The second-order valence-electron chi connectivity index (χ2n) is 4.51. The molecule has 1 unspecified atom stereocenters. The molecule has 1 saturated heterocycles. The topological polar surface area (TPSA) is 54.2 Å². The van der Waals surface area contributed by atoms with Crippen LogP contribution in [0.5, 0.6) is 0 Å². The molecule has 0 spiro atoms. The van der Waals surface area contributed by atoms with Gasteiger partial charge < -0.3 is 9.84 Å². The fraction of sp³-hybridized carbons (Fsp3) is 0.833. The summed E-state index contributed by atoms with van der Waals surface area (Å²) < 4.78 is 5.28. The Morgan fingerprint density at radius 3 is 2.76 bits per heavy atom. The van der Waals surface area contributed by atoms with Crippen molar-refractivity contribution in [2.24, 2.45) is 0 Å². The largest absolute Gasteiger partial charge is 0.339 e. The molecule has 96 valence electrons. The fourth-order valence-corrected chi connectivity index (χ4v) is 2.32. The highest BCUT2D eigenvalue weighted by Crippen LogP contribution is 2.22. The van der Waals surface area contributed by atoms with Gasteiger partial charge in [0.2, 0.25) is 5.89 Å². The van der Waals surface area contributed by atoms with Crippen molar-refractivity contribution in [3.63, 3.8) is 0 Å². The monoisotopic (exact) mass is 238 g/mol. The molecule has 1 aliphatic rings. The Bertz CT molecular complexity index is 333. The maximum absolute atomic E-state index is 5.28. The number of hydrogen-bond donors (Lipinski definition) is 1. The van der Waals surface area contributed by atoms with Crippen molar-refractivity contribution in [3.05, 3.63) is 11.7 Å². The lowest BCUT2D eigenvalue weighted by molar-refractivity contribution is 0.160. The normalized spacial score (nSPS) is 19.4. The number of rotatable bonds is 5. The van der Waals surface area contributed by atoms with E-state index >= 15 is 0 Å². The minimum absolute atomic E-state index is 0.312. The highest BCUT2D eigenvalue weighted by Gasteiger charge is 2.24. The van der Waals surface area contributed by atoms with Crippen LogP contribution in [0.2, 0.25) is 0 Å². The summed E-state index contributed by atoms with van der Waals surface area (Å²) in [4.78, 5) is 6.95. The Labute approximate surface area is 103 Å². The average Bonchev–Trinajstić information content (AvgIpc) is 2.81. The molecular weight excluding hydrogens is 216 g/mol. The molecule has 0 radical (unpaired) electrons. The number of hydrogen-bond acceptors (Lipinski definition) is 5. The molecule has 0 aromatic carbocycles. The summed E-state index contributed by atoms with van der Waals surface area (Å²) >= 11 is 0. The molecule has 1 N–H and O–H groups in total. The van der Waals surface area contributed by atoms with Crippen LogP contribution in [0.1, 0.15) is 44.4 Å². The summed E-state index contributed by atoms with van der Waals surface area (Å²) in [6.07, 6.45) is 2.96. The molecule has 0 amide bonds. The van der Waals surface area contributed by atoms with Crippen molar-refractivity contribution in [2.45, 2.75) is 39.2 Å². The molecule has 1 aliphatic heterocycles. The van der Waals surface area contributed by atoms with Gasteiger partial charge in [-0.1, -0.05) is 19.0 Å². The number of nitrogens with zero attached hydrogens (tertiary/aromatic N) is 3. The number of piperazine rings is 1. The van der Waals surface area contributed by atoms with Gasteiger partial charge >= 0.3 is 0 Å². The van der Waals surface area contributed by atoms with E-state index in [0.29, 0.717) is 6.04 Å². The summed E-state index contributed by atoms with van der Waals surface area (Å²) in [5.74, 6) is 1.63. The minimum atomic E-state index is 0.312. The predicted octanol–water partition coefficient (Wildman–Crippen LogP) is 1.38. The smallest absolute Gasteiger partial charge is 0.226 e. The van der Waals surface area contributed by atoms with Gasteiger partial charge in [0.15, 0.2) is 5.82 Å². The summed E-state index contributed by atoms with van der Waals surface area (Å²) in [7, 11) is 0. The molecule has 1 aromatic heterocycles. The maximum Gasteiger partial charge on any atom is 0.226 e. The minimum Gasteiger partial charge on any atom is -0.339 e. The molecule has 5 heteroatoms. The number of nitrogens with one attached hydrogen (secondary N) is 1. The molecule has 0 bridgehead atoms. The Morgan fingerprint density at radius 1 is 1.35 bits per heavy atom. The van der Waals surface area contributed by atoms with Crippen LogP contribution < -0.4 is 5.32 Å². The van der Waals surface area contributed by atoms with Crippen LogP contribution in [0.25, 0.3) is 0 Å². The zero-order valence-corrected chi connectivity index (χ0v) is 10.8. The van der Waals surface area contributed by atoms with Gasteiger partial charge in [-0.2, -0.15) is 4.98 Å². The van der Waals surface area contributed by atoms with Crippen LogP contribution in [-0.4, -0.2) is 41.2 Å². The molecule has 17 heavy (non-hydrogen) atoms. The SMILES string of the molecule is CCCc1nc(C(CC)N2CCNCC2)no1. The molecule has 1 aromatic rings. The van der Waals surface area contributed by atoms with E-state index in [2.05, 4.69) is 34.2 Å². The zero-order chi connectivity index (χ0) is 12.1. The average molecular weight is 238 g/mol. The van der Waals surface area contributed by atoms with E-state index in [4.69, 9.17) is 4.52 Å². The molecule has 2 heterocycles. The third-order valence-electron chi connectivity index (χ3n) is 3.22. The molecule has 1 atom stereocenters. The van der Waals surface area contributed by atoms with E-state index in [-0.39, 0.29) is 0 Å². The fourth-order valence-electron chi connectivity index (χ4n) is 2.32. The van der Waals surface area contributed by atoms with E-state index in [0.717, 1.165) is 57.2 Å². The quantitative estimate of drug-likeness (QED) is 0.840. The van der Waals surface area contributed by atoms with Crippen molar-refractivity contribution >= 4 is 0 Å². The second kappa shape index (κ2) is 6.12. The lowest BCUT2D eigenvalue weighted by Gasteiger charge is -2.32. The van der Waals surface area contributed by atoms with Crippen molar-refractivity contribution in [1.82, 2.24) is 20.4 Å². The summed E-state index contributed by atoms with van der Waals surface area (Å²) in [5.41, 5.74) is 0. The molecular formula is C12H22N4O. The van der Waals surface area contributed by atoms with Gasteiger partial charge in [-0.3, -0.25) is 4.90 Å². The van der Waals surface area contributed by atoms with Gasteiger partial charge in [-0.05, 0) is 12.8 Å². The molecule has 1 fully saturated rings. The van der Waals surface area contributed by atoms with Gasteiger partial charge in [0.25, 0.3) is 0 Å². The first kappa shape index (κ1) is 12.5. The molecule has 5 nitrogen and oxygen atoms in total. The van der Waals surface area contributed by atoms with Crippen LogP contribution in [0.15, 0.2) is 4.52 Å². The van der Waals surface area contributed by atoms with Gasteiger partial charge in [0, 0.05) is 32.6 Å². The summed E-state index contributed by atoms with van der Waals surface area (Å²) in [6.45, 7) is 8.54. The zero-order valence-electron chi connectivity index (χ0n) is 10.8. The van der Waals surface area contributed by atoms with Gasteiger partial charge in [0.1, 0.15) is 0 Å². The summed E-state index contributed by atoms with van der Waals surface area (Å²) in [5, 5.41) is 7.50. The maximum atomic E-state index is 5.28. The number of aryl methyl sites for hydroxylation is 1. The van der Waals surface area contributed by atoms with Gasteiger partial charge in [-0.15, -0.1) is 0 Å². The van der Waals surface area contributed by atoms with E-state index < -0.39 is 0 Å². The van der Waals surface area contributed by atoms with E-state index in [1.807, 2.05) is 0 Å². The van der Waals surface area contributed by atoms with Crippen LogP contribution in [0, 0.1) is 0 Å². The van der Waals surface area contributed by atoms with Crippen molar-refractivity contribution < 1.29 is 4.52 Å². The first-order valence-corrected chi connectivity index (χ1v) is 6.62. The highest BCUT2D eigenvalue weighted by molar-refractivity contribution is 4.96. The van der Waals surface area contributed by atoms with Crippen molar-refractivity contribution in [1.29, 1.82) is 0 Å². The first-order valence-electron chi connectivity index (χ1n) is 6.62. The lowest BCUT2D eigenvalue weighted by atomic mass is 10.1. The van der Waals surface area contributed by atoms with E-state index in [1.165, 1.54) is 0 Å². The van der Waals surface area contributed by atoms with Gasteiger partial charge in [-0.25, -0.2) is 0 Å². The molecule has 0 aliphatic carbocycles. The summed E-state index contributed by atoms with van der Waals surface area (Å²) in [6, 6.07) is 0.312. The Hall–Kier alpha value is -0.940. The molecule has 0 saturated carbocycles. The Kier molecular flexibility index (Phi) is 4.50. The third-order valence-corrected chi connectivity index (χ3v) is 3.22. The Balaban J connectivity index is 2.04. The predicted molar refractivity (Wildman–Crippen MR) is 65.8 cm³/mol.